The van der Waals surface area contributed by atoms with Gasteiger partial charge in [-0.25, -0.2) is 0 Å². The maximum absolute atomic E-state index is 9.18. The Bertz CT molecular complexity index is 474. The van der Waals surface area contributed by atoms with Gasteiger partial charge in [-0.1, -0.05) is 26.0 Å². The Kier molecular flexibility index (Phi) is 7.14. The summed E-state index contributed by atoms with van der Waals surface area (Å²) >= 11 is 1.74. The van der Waals surface area contributed by atoms with E-state index in [1.165, 1.54) is 11.2 Å². The standard InChI is InChI=1S/C11H14N4OS.C2H6/c1-9-10(7-16)3-2-4-11(9)17-6-5-15-13-8-12-14-15;1-2/h2-4,8,16H,5-7H2,1H3;1-2H3. The van der Waals surface area contributed by atoms with Gasteiger partial charge in [0.15, 0.2) is 6.33 Å². The molecule has 0 saturated heterocycles. The van der Waals surface area contributed by atoms with Crippen molar-refractivity contribution < 1.29 is 5.11 Å². The quantitative estimate of drug-likeness (QED) is 0.851. The van der Waals surface area contributed by atoms with Gasteiger partial charge in [0.25, 0.3) is 0 Å². The van der Waals surface area contributed by atoms with Crippen LogP contribution in [-0.2, 0) is 13.2 Å². The summed E-state index contributed by atoms with van der Waals surface area (Å²) in [5.74, 6) is 0.881. The smallest absolute Gasteiger partial charge is 0.162 e. The van der Waals surface area contributed by atoms with E-state index in [0.29, 0.717) is 0 Å². The van der Waals surface area contributed by atoms with Crippen LogP contribution in [0.1, 0.15) is 25.0 Å². The maximum Gasteiger partial charge on any atom is 0.162 e. The van der Waals surface area contributed by atoms with Crippen LogP contribution < -0.4 is 0 Å². The van der Waals surface area contributed by atoms with Crippen molar-refractivity contribution in [3.63, 3.8) is 0 Å². The summed E-state index contributed by atoms with van der Waals surface area (Å²) < 4.78 is 0. The summed E-state index contributed by atoms with van der Waals surface area (Å²) in [6.45, 7) is 6.85. The number of aryl methyl sites for hydroxylation is 1. The van der Waals surface area contributed by atoms with Crippen molar-refractivity contribution in [2.75, 3.05) is 5.75 Å². The Hall–Kier alpha value is -1.40. The Morgan fingerprint density at radius 1 is 1.32 bits per heavy atom. The minimum Gasteiger partial charge on any atom is -0.392 e. The third-order valence-corrected chi connectivity index (χ3v) is 3.65. The molecule has 0 atom stereocenters. The van der Waals surface area contributed by atoms with Gasteiger partial charge in [-0.05, 0) is 29.3 Å². The number of benzene rings is 1. The third kappa shape index (κ3) is 4.65. The molecule has 0 spiro atoms. The number of thioether (sulfide) groups is 1. The second kappa shape index (κ2) is 8.66. The van der Waals surface area contributed by atoms with Crippen molar-refractivity contribution >= 4 is 11.8 Å². The minimum absolute atomic E-state index is 0.0882. The van der Waals surface area contributed by atoms with Gasteiger partial charge in [0.05, 0.1) is 13.2 Å². The van der Waals surface area contributed by atoms with Crippen molar-refractivity contribution in [3.05, 3.63) is 35.7 Å². The van der Waals surface area contributed by atoms with Crippen molar-refractivity contribution in [2.45, 2.75) is 38.8 Å². The Morgan fingerprint density at radius 2 is 2.11 bits per heavy atom. The predicted molar refractivity (Wildman–Crippen MR) is 77.0 cm³/mol. The molecule has 2 rings (SSSR count). The average molecular weight is 280 g/mol. The molecule has 104 valence electrons. The summed E-state index contributed by atoms with van der Waals surface area (Å²) in [6.07, 6.45) is 1.43. The second-order valence-corrected chi connectivity index (χ2v) is 4.72. The molecule has 0 amide bonds. The molecule has 1 aromatic carbocycles. The highest BCUT2D eigenvalue weighted by Crippen LogP contribution is 2.24. The van der Waals surface area contributed by atoms with Crippen LogP contribution in [-0.4, -0.2) is 31.1 Å². The van der Waals surface area contributed by atoms with Crippen LogP contribution in [0.15, 0.2) is 29.4 Å². The Balaban J connectivity index is 0.000000861. The number of hydrogen-bond donors (Lipinski definition) is 1. The van der Waals surface area contributed by atoms with E-state index in [0.717, 1.165) is 23.4 Å². The first-order valence-corrected chi connectivity index (χ1v) is 7.32. The largest absolute Gasteiger partial charge is 0.392 e. The molecule has 0 aliphatic carbocycles. The van der Waals surface area contributed by atoms with Gasteiger partial charge in [-0.15, -0.1) is 22.0 Å². The minimum atomic E-state index is 0.0882. The van der Waals surface area contributed by atoms with E-state index >= 15 is 0 Å². The van der Waals surface area contributed by atoms with Crippen molar-refractivity contribution in [1.82, 2.24) is 20.2 Å². The van der Waals surface area contributed by atoms with Crippen molar-refractivity contribution in [3.8, 4) is 0 Å². The van der Waals surface area contributed by atoms with E-state index < -0.39 is 0 Å². The molecule has 19 heavy (non-hydrogen) atoms. The summed E-state index contributed by atoms with van der Waals surface area (Å²) in [7, 11) is 0. The van der Waals surface area contributed by atoms with Gasteiger partial charge in [0.2, 0.25) is 0 Å². The lowest BCUT2D eigenvalue weighted by Crippen LogP contribution is -2.04. The number of nitrogens with zero attached hydrogens (tertiary/aromatic N) is 4. The lowest BCUT2D eigenvalue weighted by molar-refractivity contribution is 0.280. The molecular formula is C13H20N4OS. The summed E-state index contributed by atoms with van der Waals surface area (Å²) in [4.78, 5) is 2.76. The first kappa shape index (κ1) is 15.7. The number of aromatic nitrogens is 4. The summed E-state index contributed by atoms with van der Waals surface area (Å²) in [5, 5.41) is 20.6. The normalized spacial score (nSPS) is 9.89. The molecule has 2 aromatic rings. The maximum atomic E-state index is 9.18. The van der Waals surface area contributed by atoms with Crippen molar-refractivity contribution in [1.29, 1.82) is 0 Å². The van der Waals surface area contributed by atoms with Crippen molar-refractivity contribution in [2.24, 2.45) is 0 Å². The first-order chi connectivity index (χ1) is 9.31. The molecule has 1 aromatic heterocycles. The van der Waals surface area contributed by atoms with Gasteiger partial charge >= 0.3 is 0 Å². The first-order valence-electron chi connectivity index (χ1n) is 6.34. The molecule has 1 N–H and O–H groups in total. The predicted octanol–water partition coefficient (Wildman–Crippen LogP) is 2.29. The van der Waals surface area contributed by atoms with E-state index in [1.807, 2.05) is 32.9 Å². The molecule has 0 unspecified atom stereocenters. The lowest BCUT2D eigenvalue weighted by Gasteiger charge is -2.08. The van der Waals surface area contributed by atoms with Crippen LogP contribution in [0.3, 0.4) is 0 Å². The van der Waals surface area contributed by atoms with Gasteiger partial charge in [0, 0.05) is 10.6 Å². The molecule has 6 heteroatoms. The fourth-order valence-corrected chi connectivity index (χ4v) is 2.51. The molecule has 0 aliphatic heterocycles. The van der Waals surface area contributed by atoms with Crippen LogP contribution in [0, 0.1) is 6.92 Å². The summed E-state index contributed by atoms with van der Waals surface area (Å²) in [5.41, 5.74) is 2.13. The van der Waals surface area contributed by atoms with Crippen LogP contribution in [0.4, 0.5) is 0 Å². The van der Waals surface area contributed by atoms with Gasteiger partial charge in [0.1, 0.15) is 0 Å². The Morgan fingerprint density at radius 3 is 2.74 bits per heavy atom. The zero-order valence-electron chi connectivity index (χ0n) is 11.6. The third-order valence-electron chi connectivity index (χ3n) is 2.51. The molecule has 0 fully saturated rings. The van der Waals surface area contributed by atoms with E-state index in [-0.39, 0.29) is 6.61 Å². The molecule has 0 radical (unpaired) electrons. The Labute approximate surface area is 118 Å². The average Bonchev–Trinajstić information content (AvgIpc) is 2.96. The van der Waals surface area contributed by atoms with Crippen LogP contribution in [0.25, 0.3) is 0 Å². The number of aliphatic hydroxyl groups excluding tert-OH is 1. The molecule has 0 saturated carbocycles. The van der Waals surface area contributed by atoms with E-state index in [9.17, 15) is 5.11 Å². The monoisotopic (exact) mass is 280 g/mol. The molecule has 0 bridgehead atoms. The SMILES string of the molecule is CC.Cc1c(CO)cccc1SCCn1ncnn1. The fourth-order valence-electron chi connectivity index (χ4n) is 1.52. The number of rotatable bonds is 5. The number of tetrazole rings is 1. The zero-order chi connectivity index (χ0) is 14.1. The van der Waals surface area contributed by atoms with Crippen LogP contribution >= 0.6 is 11.8 Å². The molecular weight excluding hydrogens is 260 g/mol. The van der Waals surface area contributed by atoms with Gasteiger partial charge in [-0.2, -0.15) is 4.80 Å². The van der Waals surface area contributed by atoms with E-state index in [2.05, 4.69) is 21.5 Å². The highest BCUT2D eigenvalue weighted by atomic mass is 32.2. The van der Waals surface area contributed by atoms with Gasteiger partial charge in [-0.3, -0.25) is 0 Å². The molecule has 0 aliphatic rings. The number of hydrogen-bond acceptors (Lipinski definition) is 5. The topological polar surface area (TPSA) is 63.8 Å². The lowest BCUT2D eigenvalue weighted by atomic mass is 10.1. The molecule has 5 nitrogen and oxygen atoms in total. The van der Waals surface area contributed by atoms with Crippen LogP contribution in [0.2, 0.25) is 0 Å². The summed E-state index contributed by atoms with van der Waals surface area (Å²) in [6, 6.07) is 5.97. The van der Waals surface area contributed by atoms with Gasteiger partial charge < -0.3 is 5.11 Å². The molecule has 1 heterocycles. The van der Waals surface area contributed by atoms with E-state index in [1.54, 1.807) is 16.6 Å². The van der Waals surface area contributed by atoms with Crippen LogP contribution in [0.5, 0.6) is 0 Å². The highest BCUT2D eigenvalue weighted by molar-refractivity contribution is 7.99. The second-order valence-electron chi connectivity index (χ2n) is 3.58. The fraction of sp³-hybridized carbons (Fsp3) is 0.462. The van der Waals surface area contributed by atoms with E-state index in [4.69, 9.17) is 0 Å². The highest BCUT2D eigenvalue weighted by Gasteiger charge is 2.03. The zero-order valence-corrected chi connectivity index (χ0v) is 12.4. The number of aliphatic hydroxyl groups is 1.